The molecular formula is C33H33FN6O5. The molecule has 2 aromatic rings. The minimum Gasteiger partial charge on any atom is -0.489 e. The summed E-state index contributed by atoms with van der Waals surface area (Å²) < 4.78 is 21.2. The van der Waals surface area contributed by atoms with E-state index in [1.54, 1.807) is 24.3 Å². The van der Waals surface area contributed by atoms with Gasteiger partial charge in [0, 0.05) is 62.5 Å². The van der Waals surface area contributed by atoms with E-state index in [-0.39, 0.29) is 37.2 Å². The van der Waals surface area contributed by atoms with Crippen LogP contribution in [0.4, 0.5) is 10.1 Å². The summed E-state index contributed by atoms with van der Waals surface area (Å²) in [5.41, 5.74) is 8.95. The summed E-state index contributed by atoms with van der Waals surface area (Å²) in [5.74, 6) is -1.83. The Morgan fingerprint density at radius 1 is 1.11 bits per heavy atom. The Hall–Kier alpha value is -5.02. The lowest BCUT2D eigenvalue weighted by Crippen LogP contribution is -2.53. The smallest absolute Gasteiger partial charge is 0.250 e. The Labute approximate surface area is 259 Å². The predicted molar refractivity (Wildman–Crippen MR) is 161 cm³/mol. The number of carbonyl (C=O) groups is 4. The first-order valence-corrected chi connectivity index (χ1v) is 15.0. The van der Waals surface area contributed by atoms with Crippen molar-refractivity contribution in [2.75, 3.05) is 37.6 Å². The Kier molecular flexibility index (Phi) is 8.36. The molecule has 11 nitrogen and oxygen atoms in total. The number of likely N-dealkylation sites (tertiary alicyclic amines) is 1. The molecule has 4 amide bonds. The molecule has 45 heavy (non-hydrogen) atoms. The van der Waals surface area contributed by atoms with Crippen molar-refractivity contribution in [1.29, 1.82) is 5.26 Å². The molecule has 0 aromatic heterocycles. The fourth-order valence-electron chi connectivity index (χ4n) is 6.46. The zero-order valence-electron chi connectivity index (χ0n) is 24.6. The van der Waals surface area contributed by atoms with Crippen LogP contribution in [0, 0.1) is 23.1 Å². The van der Waals surface area contributed by atoms with Gasteiger partial charge in [-0.25, -0.2) is 4.39 Å². The average molecular weight is 613 g/mol. The number of amides is 4. The van der Waals surface area contributed by atoms with E-state index in [1.807, 2.05) is 18.2 Å². The van der Waals surface area contributed by atoms with E-state index >= 15 is 4.39 Å². The summed E-state index contributed by atoms with van der Waals surface area (Å²) in [6.45, 7) is 3.47. The standard InChI is InChI=1S/C33H33FN6O5/c34-26-15-21(17-38-10-12-39(13-11-38)27-7-5-20(16-35)14-24(27)31(36)42)4-6-22(26)19-45-29-3-1-2-23-25(29)18-40(33(23)44)28-8-9-30(41)37-32(28)43/h1,3-7,14-15,23,28H,2,8-13,17-19H2,(H2,36,42)(H,37,41,43)/t23?,28-/m0/s1. The van der Waals surface area contributed by atoms with Crippen molar-refractivity contribution >= 4 is 29.3 Å². The molecule has 0 spiro atoms. The highest BCUT2D eigenvalue weighted by atomic mass is 19.1. The van der Waals surface area contributed by atoms with Gasteiger partial charge in [0.1, 0.15) is 24.2 Å². The predicted octanol–water partition coefficient (Wildman–Crippen LogP) is 2.11. The van der Waals surface area contributed by atoms with Crippen molar-refractivity contribution in [1.82, 2.24) is 15.1 Å². The number of imide groups is 1. The number of nitrogens with zero attached hydrogens (tertiary/aromatic N) is 4. The van der Waals surface area contributed by atoms with Crippen molar-refractivity contribution in [3.05, 3.63) is 88.0 Å². The van der Waals surface area contributed by atoms with E-state index in [2.05, 4.69) is 15.1 Å². The van der Waals surface area contributed by atoms with Gasteiger partial charge in [0.15, 0.2) is 0 Å². The summed E-state index contributed by atoms with van der Waals surface area (Å²) in [6.07, 6.45) is 4.63. The number of hydrogen-bond acceptors (Lipinski definition) is 8. The van der Waals surface area contributed by atoms with E-state index in [0.717, 1.165) is 11.1 Å². The second-order valence-corrected chi connectivity index (χ2v) is 11.7. The number of hydrogen-bond donors (Lipinski definition) is 2. The number of benzene rings is 2. The number of nitrogens with one attached hydrogen (secondary N) is 1. The first-order valence-electron chi connectivity index (χ1n) is 15.0. The van der Waals surface area contributed by atoms with Gasteiger partial charge in [-0.15, -0.1) is 0 Å². The number of carbonyl (C=O) groups excluding carboxylic acids is 4. The molecule has 3 N–H and O–H groups in total. The lowest BCUT2D eigenvalue weighted by atomic mass is 9.93. The van der Waals surface area contributed by atoms with Gasteiger partial charge >= 0.3 is 0 Å². The van der Waals surface area contributed by atoms with Crippen molar-refractivity contribution in [2.45, 2.75) is 38.5 Å². The van der Waals surface area contributed by atoms with Gasteiger partial charge in [-0.3, -0.25) is 29.4 Å². The lowest BCUT2D eigenvalue weighted by molar-refractivity contribution is -0.144. The largest absolute Gasteiger partial charge is 0.489 e. The molecule has 6 rings (SSSR count). The van der Waals surface area contributed by atoms with Crippen molar-refractivity contribution in [3.63, 3.8) is 0 Å². The van der Waals surface area contributed by atoms with Crippen molar-refractivity contribution in [3.8, 4) is 6.07 Å². The highest BCUT2D eigenvalue weighted by Crippen LogP contribution is 2.36. The topological polar surface area (TPSA) is 149 Å². The minimum absolute atomic E-state index is 0.0138. The second kappa shape index (κ2) is 12.5. The second-order valence-electron chi connectivity index (χ2n) is 11.7. The molecule has 3 heterocycles. The van der Waals surface area contributed by atoms with Gasteiger partial charge in [0.25, 0.3) is 5.91 Å². The number of halogens is 1. The molecule has 3 fully saturated rings. The number of nitriles is 1. The SMILES string of the molecule is N#Cc1ccc(N2CCN(Cc3ccc(COC4=C5CN([C@H]6CCC(=O)NC6=O)C(=O)C5CC=C4)c(F)c3)CC2)c(C(N)=O)c1. The van der Waals surface area contributed by atoms with Crippen molar-refractivity contribution in [2.24, 2.45) is 11.7 Å². The summed E-state index contributed by atoms with van der Waals surface area (Å²) >= 11 is 0. The van der Waals surface area contributed by atoms with E-state index in [1.165, 1.54) is 17.0 Å². The fourth-order valence-corrected chi connectivity index (χ4v) is 6.46. The number of nitrogens with two attached hydrogens (primary N) is 1. The first kappa shape index (κ1) is 30.0. The van der Waals surface area contributed by atoms with Crippen LogP contribution in [-0.2, 0) is 32.3 Å². The number of anilines is 1. The zero-order chi connectivity index (χ0) is 31.7. The minimum atomic E-state index is -0.689. The number of rotatable bonds is 8. The van der Waals surface area contributed by atoms with Crippen LogP contribution in [-0.4, -0.2) is 72.2 Å². The molecule has 0 bridgehead atoms. The molecule has 2 atom stereocenters. The molecule has 12 heteroatoms. The molecule has 0 radical (unpaired) electrons. The Bertz CT molecular complexity index is 1670. The summed E-state index contributed by atoms with van der Waals surface area (Å²) in [4.78, 5) is 54.9. The van der Waals surface area contributed by atoms with Crippen LogP contribution in [0.25, 0.3) is 0 Å². The number of primary amides is 1. The van der Waals surface area contributed by atoms with E-state index in [9.17, 15) is 19.2 Å². The van der Waals surface area contributed by atoms with Gasteiger partial charge < -0.3 is 20.3 Å². The lowest BCUT2D eigenvalue weighted by Gasteiger charge is -2.36. The van der Waals surface area contributed by atoms with E-state index in [4.69, 9.17) is 15.7 Å². The fraction of sp³-hybridized carbons (Fsp3) is 0.364. The highest BCUT2D eigenvalue weighted by molar-refractivity contribution is 6.02. The van der Waals surface area contributed by atoms with Crippen LogP contribution in [0.5, 0.6) is 0 Å². The van der Waals surface area contributed by atoms with Gasteiger partial charge in [0.2, 0.25) is 17.7 Å². The van der Waals surface area contributed by atoms with Gasteiger partial charge in [-0.05, 0) is 48.7 Å². The first-order chi connectivity index (χ1) is 21.7. The quantitative estimate of drug-likeness (QED) is 0.431. The monoisotopic (exact) mass is 612 g/mol. The van der Waals surface area contributed by atoms with Gasteiger partial charge in [0.05, 0.1) is 23.1 Å². The summed E-state index contributed by atoms with van der Waals surface area (Å²) in [5, 5.41) is 11.5. The van der Waals surface area contributed by atoms with E-state index in [0.29, 0.717) is 73.7 Å². The van der Waals surface area contributed by atoms with Crippen LogP contribution in [0.2, 0.25) is 0 Å². The zero-order valence-corrected chi connectivity index (χ0v) is 24.6. The molecule has 1 unspecified atom stereocenters. The number of allylic oxidation sites excluding steroid dienone is 2. The third kappa shape index (κ3) is 6.17. The Morgan fingerprint density at radius 3 is 2.62 bits per heavy atom. The average Bonchev–Trinajstić information content (AvgIpc) is 3.37. The Morgan fingerprint density at radius 2 is 1.91 bits per heavy atom. The van der Waals surface area contributed by atoms with Crippen LogP contribution < -0.4 is 16.0 Å². The van der Waals surface area contributed by atoms with Crippen molar-refractivity contribution < 1.29 is 28.3 Å². The molecule has 232 valence electrons. The normalized spacial score (nSPS) is 21.9. The van der Waals surface area contributed by atoms with Crippen LogP contribution in [0.1, 0.15) is 46.3 Å². The third-order valence-electron chi connectivity index (χ3n) is 8.90. The van der Waals surface area contributed by atoms with Crippen LogP contribution in [0.3, 0.4) is 0 Å². The number of ether oxygens (including phenoxy) is 1. The molecule has 3 saturated heterocycles. The molecule has 4 aliphatic rings. The maximum atomic E-state index is 15.2. The van der Waals surface area contributed by atoms with E-state index < -0.39 is 23.8 Å². The maximum Gasteiger partial charge on any atom is 0.250 e. The number of fused-ring (bicyclic) bond motifs is 1. The molecule has 0 saturated carbocycles. The summed E-state index contributed by atoms with van der Waals surface area (Å²) in [6, 6.07) is 11.4. The van der Waals surface area contributed by atoms with Crippen LogP contribution >= 0.6 is 0 Å². The number of piperazine rings is 1. The molecule has 2 aromatic carbocycles. The molecular weight excluding hydrogens is 579 g/mol. The maximum absolute atomic E-state index is 15.2. The van der Waals surface area contributed by atoms with Gasteiger partial charge in [-0.2, -0.15) is 5.26 Å². The Balaban J connectivity index is 1.05. The third-order valence-corrected chi connectivity index (χ3v) is 8.90. The van der Waals surface area contributed by atoms with Crippen LogP contribution in [0.15, 0.2) is 59.9 Å². The highest BCUT2D eigenvalue weighted by Gasteiger charge is 2.45. The molecule has 1 aliphatic carbocycles. The molecule has 3 aliphatic heterocycles. The van der Waals surface area contributed by atoms with Gasteiger partial charge in [-0.1, -0.05) is 18.2 Å². The number of piperidine rings is 1. The summed E-state index contributed by atoms with van der Waals surface area (Å²) in [7, 11) is 0.